The lowest BCUT2D eigenvalue weighted by molar-refractivity contribution is 0.591. The van der Waals surface area contributed by atoms with Crippen molar-refractivity contribution in [1.82, 2.24) is 24.5 Å². The molecule has 2 N–H and O–H groups in total. The predicted octanol–water partition coefficient (Wildman–Crippen LogP) is 4.53. The van der Waals surface area contributed by atoms with Crippen molar-refractivity contribution < 1.29 is 8.42 Å². The van der Waals surface area contributed by atoms with Gasteiger partial charge >= 0.3 is 0 Å². The largest absolute Gasteiger partial charge is 0.399 e. The molecule has 3 aromatic heterocycles. The molecular weight excluding hydrogens is 500 g/mol. The Morgan fingerprint density at radius 1 is 1.12 bits per heavy atom. The highest BCUT2D eigenvalue weighted by Gasteiger charge is 2.20. The number of nitrogen functional groups attached to an aromatic ring is 1. The van der Waals surface area contributed by atoms with Crippen molar-refractivity contribution in [3.63, 3.8) is 0 Å². The van der Waals surface area contributed by atoms with Crippen LogP contribution in [-0.4, -0.2) is 44.9 Å². The van der Waals surface area contributed by atoms with Crippen LogP contribution < -0.4 is 5.73 Å². The molecule has 0 atom stereocenters. The van der Waals surface area contributed by atoms with Gasteiger partial charge in [-0.05, 0) is 36.0 Å². The summed E-state index contributed by atoms with van der Waals surface area (Å²) in [6.45, 7) is 0.210. The van der Waals surface area contributed by atoms with Crippen molar-refractivity contribution in [1.29, 1.82) is 0 Å². The van der Waals surface area contributed by atoms with E-state index in [0.29, 0.717) is 32.7 Å². The standard InChI is InChI=1S/C21H17ClN6O2S3/c1-33(29,30)10-9-28-19-17(16(24-11-25-19)12-5-7-13(23)8-6-12)27-20(28)32-21-26-15-4-2-3-14(22)18(15)31-21/h2-8,11H,9-10,23H2,1H3. The molecule has 8 nitrogen and oxygen atoms in total. The molecule has 0 saturated carbocycles. The van der Waals surface area contributed by atoms with Crippen LogP contribution in [0.3, 0.4) is 0 Å². The van der Waals surface area contributed by atoms with Crippen molar-refractivity contribution in [3.05, 3.63) is 53.8 Å². The number of thiazole rings is 1. The molecule has 12 heteroatoms. The van der Waals surface area contributed by atoms with Gasteiger partial charge in [-0.15, -0.1) is 11.3 Å². The van der Waals surface area contributed by atoms with Gasteiger partial charge in [0.1, 0.15) is 27.4 Å². The Hall–Kier alpha value is -2.73. The molecule has 168 valence electrons. The molecular formula is C21H17ClN6O2S3. The van der Waals surface area contributed by atoms with Crippen molar-refractivity contribution in [2.45, 2.75) is 16.0 Å². The fraction of sp³-hybridized carbons (Fsp3) is 0.143. The molecule has 0 saturated heterocycles. The van der Waals surface area contributed by atoms with E-state index >= 15 is 0 Å². The zero-order valence-corrected chi connectivity index (χ0v) is 20.5. The molecule has 33 heavy (non-hydrogen) atoms. The number of hydrogen-bond acceptors (Lipinski definition) is 9. The van der Waals surface area contributed by atoms with E-state index in [0.717, 1.165) is 20.1 Å². The van der Waals surface area contributed by atoms with Crippen molar-refractivity contribution in [2.24, 2.45) is 0 Å². The van der Waals surface area contributed by atoms with E-state index in [2.05, 4.69) is 15.0 Å². The maximum absolute atomic E-state index is 11.9. The first-order valence-electron chi connectivity index (χ1n) is 9.76. The predicted molar refractivity (Wildman–Crippen MR) is 134 cm³/mol. The van der Waals surface area contributed by atoms with E-state index in [4.69, 9.17) is 22.3 Å². The smallest absolute Gasteiger partial charge is 0.177 e. The number of nitrogens with zero attached hydrogens (tertiary/aromatic N) is 5. The minimum Gasteiger partial charge on any atom is -0.399 e. The van der Waals surface area contributed by atoms with Gasteiger partial charge in [-0.3, -0.25) is 0 Å². The van der Waals surface area contributed by atoms with E-state index in [1.165, 1.54) is 35.7 Å². The maximum atomic E-state index is 11.9. The molecule has 0 fully saturated rings. The second kappa shape index (κ2) is 8.56. The molecule has 0 aliphatic carbocycles. The number of hydrogen-bond donors (Lipinski definition) is 1. The second-order valence-corrected chi connectivity index (χ2v) is 12.2. The first-order valence-corrected chi connectivity index (χ1v) is 13.8. The third-order valence-corrected chi connectivity index (χ3v) is 8.40. The number of fused-ring (bicyclic) bond motifs is 2. The van der Waals surface area contributed by atoms with E-state index < -0.39 is 9.84 Å². The van der Waals surface area contributed by atoms with Crippen LogP contribution in [0.25, 0.3) is 32.6 Å². The number of halogens is 1. The Morgan fingerprint density at radius 3 is 2.64 bits per heavy atom. The van der Waals surface area contributed by atoms with Crippen LogP contribution in [0.5, 0.6) is 0 Å². The molecule has 0 amide bonds. The fourth-order valence-corrected chi connectivity index (χ4v) is 6.19. The van der Waals surface area contributed by atoms with Gasteiger partial charge in [-0.25, -0.2) is 28.4 Å². The highest BCUT2D eigenvalue weighted by molar-refractivity contribution is 8.01. The van der Waals surface area contributed by atoms with Crippen molar-refractivity contribution in [3.8, 4) is 11.3 Å². The van der Waals surface area contributed by atoms with Gasteiger partial charge in [-0.2, -0.15) is 0 Å². The number of sulfone groups is 1. The Bertz CT molecular complexity index is 1600. The first-order chi connectivity index (χ1) is 15.8. The second-order valence-electron chi connectivity index (χ2n) is 7.36. The van der Waals surface area contributed by atoms with Crippen LogP contribution in [0.1, 0.15) is 0 Å². The normalized spacial score (nSPS) is 12.1. The summed E-state index contributed by atoms with van der Waals surface area (Å²) >= 11 is 9.13. The van der Waals surface area contributed by atoms with E-state index in [1.807, 2.05) is 30.3 Å². The summed E-state index contributed by atoms with van der Waals surface area (Å²) in [5, 5.41) is 1.22. The molecule has 2 aromatic carbocycles. The number of anilines is 1. The highest BCUT2D eigenvalue weighted by atomic mass is 35.5. The number of rotatable bonds is 6. The minimum atomic E-state index is -3.20. The number of nitrogens with two attached hydrogens (primary N) is 1. The van der Waals surface area contributed by atoms with Gasteiger partial charge in [-0.1, -0.05) is 29.8 Å². The zero-order valence-electron chi connectivity index (χ0n) is 17.3. The summed E-state index contributed by atoms with van der Waals surface area (Å²) in [6.07, 6.45) is 2.67. The Labute approximate surface area is 202 Å². The highest BCUT2D eigenvalue weighted by Crippen LogP contribution is 2.38. The number of aromatic nitrogens is 5. The Kier molecular flexibility index (Phi) is 5.73. The number of aryl methyl sites for hydroxylation is 1. The lowest BCUT2D eigenvalue weighted by atomic mass is 10.1. The number of imidazole rings is 1. The lowest BCUT2D eigenvalue weighted by Crippen LogP contribution is -2.12. The quantitative estimate of drug-likeness (QED) is 0.327. The van der Waals surface area contributed by atoms with Crippen LogP contribution in [0.2, 0.25) is 5.02 Å². The van der Waals surface area contributed by atoms with E-state index in [1.54, 1.807) is 16.7 Å². The SMILES string of the molecule is CS(=O)(=O)CCn1c(Sc2nc3cccc(Cl)c3s2)nc2c(-c3ccc(N)cc3)ncnc21. The third kappa shape index (κ3) is 4.54. The van der Waals surface area contributed by atoms with Crippen molar-refractivity contribution in [2.75, 3.05) is 17.7 Å². The molecule has 0 aliphatic rings. The summed E-state index contributed by atoms with van der Waals surface area (Å²) in [5.74, 6) is -0.0428. The molecule has 0 aliphatic heterocycles. The van der Waals surface area contributed by atoms with Gasteiger partial charge in [0, 0.05) is 24.1 Å². The number of benzene rings is 2. The summed E-state index contributed by atoms with van der Waals surface area (Å²) in [4.78, 5) is 18.3. The Morgan fingerprint density at radius 2 is 1.91 bits per heavy atom. The molecule has 0 spiro atoms. The van der Waals surface area contributed by atoms with Gasteiger partial charge in [0.25, 0.3) is 0 Å². The topological polar surface area (TPSA) is 117 Å². The Balaban J connectivity index is 1.64. The molecule has 0 bridgehead atoms. The van der Waals surface area contributed by atoms with Gasteiger partial charge in [0.15, 0.2) is 15.1 Å². The average Bonchev–Trinajstić information content (AvgIpc) is 3.34. The van der Waals surface area contributed by atoms with E-state index in [9.17, 15) is 8.42 Å². The average molecular weight is 517 g/mol. The molecule has 3 heterocycles. The summed E-state index contributed by atoms with van der Waals surface area (Å²) in [5.41, 5.74) is 9.90. The summed E-state index contributed by atoms with van der Waals surface area (Å²) in [7, 11) is -3.20. The summed E-state index contributed by atoms with van der Waals surface area (Å²) < 4.78 is 27.2. The van der Waals surface area contributed by atoms with Crippen LogP contribution in [0.4, 0.5) is 5.69 Å². The maximum Gasteiger partial charge on any atom is 0.177 e. The van der Waals surface area contributed by atoms with Crippen LogP contribution >= 0.6 is 34.7 Å². The third-order valence-electron chi connectivity index (χ3n) is 4.89. The zero-order chi connectivity index (χ0) is 23.2. The van der Waals surface area contributed by atoms with Crippen molar-refractivity contribution >= 4 is 71.6 Å². The first kappa shape index (κ1) is 22.1. The minimum absolute atomic E-state index is 0.0428. The van der Waals surface area contributed by atoms with Gasteiger partial charge in [0.05, 0.1) is 21.0 Å². The van der Waals surface area contributed by atoms with E-state index in [-0.39, 0.29) is 12.3 Å². The molecule has 0 radical (unpaired) electrons. The van der Waals surface area contributed by atoms with Gasteiger partial charge in [0.2, 0.25) is 0 Å². The molecule has 0 unspecified atom stereocenters. The molecule has 5 aromatic rings. The summed E-state index contributed by atoms with van der Waals surface area (Å²) in [6, 6.07) is 12.9. The lowest BCUT2D eigenvalue weighted by Gasteiger charge is -2.07. The van der Waals surface area contributed by atoms with Gasteiger partial charge < -0.3 is 10.3 Å². The fourth-order valence-electron chi connectivity index (χ4n) is 3.32. The van der Waals surface area contributed by atoms with Crippen LogP contribution in [0, 0.1) is 0 Å². The molecule has 5 rings (SSSR count). The monoisotopic (exact) mass is 516 g/mol. The van der Waals surface area contributed by atoms with Crippen LogP contribution in [-0.2, 0) is 16.4 Å². The van der Waals surface area contributed by atoms with Crippen LogP contribution in [0.15, 0.2) is 58.3 Å².